The molecule has 0 unspecified atom stereocenters. The number of hydrogen-bond acceptors (Lipinski definition) is 2. The quantitative estimate of drug-likeness (QED) is 0.805. The lowest BCUT2D eigenvalue weighted by molar-refractivity contribution is -0.140. The van der Waals surface area contributed by atoms with E-state index in [9.17, 15) is 4.79 Å². The molecule has 0 fully saturated rings. The molecule has 0 aliphatic rings. The van der Waals surface area contributed by atoms with Gasteiger partial charge in [-0.15, -0.1) is 0 Å². The molecular formula is C13H18O3. The Labute approximate surface area is 96.1 Å². The van der Waals surface area contributed by atoms with Gasteiger partial charge in [-0.3, -0.25) is 4.79 Å². The van der Waals surface area contributed by atoms with Crippen molar-refractivity contribution >= 4 is 5.97 Å². The van der Waals surface area contributed by atoms with Gasteiger partial charge in [-0.05, 0) is 11.0 Å². The molecule has 1 aromatic rings. The summed E-state index contributed by atoms with van der Waals surface area (Å²) >= 11 is 0. The Balaban J connectivity index is 2.32. The average Bonchev–Trinajstić information content (AvgIpc) is 2.16. The molecule has 1 N–H and O–H groups in total. The van der Waals surface area contributed by atoms with Crippen LogP contribution in [0, 0.1) is 5.41 Å². The molecule has 0 saturated carbocycles. The van der Waals surface area contributed by atoms with E-state index >= 15 is 0 Å². The summed E-state index contributed by atoms with van der Waals surface area (Å²) < 4.78 is 5.52. The monoisotopic (exact) mass is 222 g/mol. The lowest BCUT2D eigenvalue weighted by atomic mass is 9.91. The molecule has 0 spiro atoms. The Bertz CT molecular complexity index is 330. The minimum Gasteiger partial charge on any atom is -0.481 e. The molecule has 3 nitrogen and oxygen atoms in total. The third-order valence-corrected chi connectivity index (χ3v) is 2.23. The standard InChI is InChI=1S/C13H18O3/c1-13(2,8-12(14)15)10-16-9-11-6-4-3-5-7-11/h3-7H,8-10H2,1-2H3,(H,14,15). The minimum atomic E-state index is -0.784. The SMILES string of the molecule is CC(C)(COCc1ccccc1)CC(=O)O. The first-order chi connectivity index (χ1) is 7.49. The van der Waals surface area contributed by atoms with Gasteiger partial charge in [0.25, 0.3) is 0 Å². The second kappa shape index (κ2) is 5.66. The predicted molar refractivity (Wildman–Crippen MR) is 62.1 cm³/mol. The Hall–Kier alpha value is -1.35. The number of carboxylic acid groups (broad SMARTS) is 1. The number of benzene rings is 1. The first-order valence-electron chi connectivity index (χ1n) is 5.33. The van der Waals surface area contributed by atoms with E-state index in [1.165, 1.54) is 0 Å². The van der Waals surface area contributed by atoms with Gasteiger partial charge < -0.3 is 9.84 Å². The van der Waals surface area contributed by atoms with Crippen LogP contribution in [0.3, 0.4) is 0 Å². The second-order valence-corrected chi connectivity index (χ2v) is 4.71. The average molecular weight is 222 g/mol. The number of carbonyl (C=O) groups is 1. The largest absolute Gasteiger partial charge is 0.481 e. The molecule has 0 saturated heterocycles. The molecule has 0 radical (unpaired) electrons. The van der Waals surface area contributed by atoms with Crippen LogP contribution in [0.2, 0.25) is 0 Å². The molecule has 0 heterocycles. The number of ether oxygens (including phenoxy) is 1. The number of hydrogen-bond donors (Lipinski definition) is 1. The van der Waals surface area contributed by atoms with Crippen molar-refractivity contribution in [1.82, 2.24) is 0 Å². The van der Waals surface area contributed by atoms with Crippen LogP contribution in [0.1, 0.15) is 25.8 Å². The number of carboxylic acids is 1. The zero-order valence-electron chi connectivity index (χ0n) is 9.77. The van der Waals surface area contributed by atoms with Gasteiger partial charge in [0.15, 0.2) is 0 Å². The van der Waals surface area contributed by atoms with Crippen molar-refractivity contribution in [3.05, 3.63) is 35.9 Å². The summed E-state index contributed by atoms with van der Waals surface area (Å²) in [7, 11) is 0. The maximum atomic E-state index is 10.6. The van der Waals surface area contributed by atoms with Gasteiger partial charge in [0.2, 0.25) is 0 Å². The Morgan fingerprint density at radius 3 is 2.50 bits per heavy atom. The van der Waals surface area contributed by atoms with E-state index in [0.29, 0.717) is 13.2 Å². The summed E-state index contributed by atoms with van der Waals surface area (Å²) in [5, 5.41) is 8.71. The molecule has 1 aromatic carbocycles. The first-order valence-corrected chi connectivity index (χ1v) is 5.33. The maximum Gasteiger partial charge on any atom is 0.303 e. The van der Waals surface area contributed by atoms with Gasteiger partial charge in [-0.1, -0.05) is 44.2 Å². The smallest absolute Gasteiger partial charge is 0.303 e. The van der Waals surface area contributed by atoms with Crippen LogP contribution < -0.4 is 0 Å². The summed E-state index contributed by atoms with van der Waals surface area (Å²) in [4.78, 5) is 10.6. The summed E-state index contributed by atoms with van der Waals surface area (Å²) in [6.45, 7) is 4.77. The summed E-state index contributed by atoms with van der Waals surface area (Å²) in [5.74, 6) is -0.784. The molecular weight excluding hydrogens is 204 g/mol. The Morgan fingerprint density at radius 2 is 1.94 bits per heavy atom. The highest BCUT2D eigenvalue weighted by atomic mass is 16.5. The van der Waals surface area contributed by atoms with E-state index in [0.717, 1.165) is 5.56 Å². The van der Waals surface area contributed by atoms with Crippen LogP contribution in [-0.4, -0.2) is 17.7 Å². The van der Waals surface area contributed by atoms with Crippen LogP contribution in [0.15, 0.2) is 30.3 Å². The molecule has 16 heavy (non-hydrogen) atoms. The fourth-order valence-electron chi connectivity index (χ4n) is 1.48. The lowest BCUT2D eigenvalue weighted by Gasteiger charge is -2.22. The Morgan fingerprint density at radius 1 is 1.31 bits per heavy atom. The van der Waals surface area contributed by atoms with Crippen molar-refractivity contribution in [2.75, 3.05) is 6.61 Å². The van der Waals surface area contributed by atoms with Crippen molar-refractivity contribution in [3.63, 3.8) is 0 Å². The van der Waals surface area contributed by atoms with Gasteiger partial charge in [0, 0.05) is 0 Å². The van der Waals surface area contributed by atoms with Crippen molar-refractivity contribution < 1.29 is 14.6 Å². The highest BCUT2D eigenvalue weighted by Crippen LogP contribution is 2.21. The topological polar surface area (TPSA) is 46.5 Å². The molecule has 0 aromatic heterocycles. The van der Waals surface area contributed by atoms with E-state index < -0.39 is 5.97 Å². The molecule has 3 heteroatoms. The zero-order valence-corrected chi connectivity index (χ0v) is 9.77. The molecule has 0 atom stereocenters. The van der Waals surface area contributed by atoms with E-state index in [1.54, 1.807) is 0 Å². The second-order valence-electron chi connectivity index (χ2n) is 4.71. The van der Waals surface area contributed by atoms with Crippen LogP contribution in [0.4, 0.5) is 0 Å². The van der Waals surface area contributed by atoms with Crippen LogP contribution in [-0.2, 0) is 16.1 Å². The van der Waals surface area contributed by atoms with E-state index in [1.807, 2.05) is 44.2 Å². The molecule has 88 valence electrons. The van der Waals surface area contributed by atoms with Gasteiger partial charge in [0.05, 0.1) is 19.6 Å². The normalized spacial score (nSPS) is 11.4. The highest BCUT2D eigenvalue weighted by Gasteiger charge is 2.21. The molecule has 0 aliphatic heterocycles. The van der Waals surface area contributed by atoms with E-state index in [2.05, 4.69) is 0 Å². The third kappa shape index (κ3) is 4.94. The zero-order chi connectivity index (χ0) is 12.0. The highest BCUT2D eigenvalue weighted by molar-refractivity contribution is 5.67. The molecule has 0 amide bonds. The van der Waals surface area contributed by atoms with Crippen molar-refractivity contribution in [3.8, 4) is 0 Å². The Kier molecular flexibility index (Phi) is 4.50. The van der Waals surface area contributed by atoms with Gasteiger partial charge in [0.1, 0.15) is 0 Å². The van der Waals surface area contributed by atoms with Gasteiger partial charge in [-0.25, -0.2) is 0 Å². The van der Waals surface area contributed by atoms with Crippen LogP contribution in [0.5, 0.6) is 0 Å². The fourth-order valence-corrected chi connectivity index (χ4v) is 1.48. The first kappa shape index (κ1) is 12.7. The van der Waals surface area contributed by atoms with Crippen molar-refractivity contribution in [2.45, 2.75) is 26.9 Å². The van der Waals surface area contributed by atoms with E-state index in [-0.39, 0.29) is 11.8 Å². The van der Waals surface area contributed by atoms with Crippen LogP contribution in [0.25, 0.3) is 0 Å². The number of aliphatic carboxylic acids is 1. The van der Waals surface area contributed by atoms with Crippen molar-refractivity contribution in [1.29, 1.82) is 0 Å². The molecule has 1 rings (SSSR count). The van der Waals surface area contributed by atoms with Crippen molar-refractivity contribution in [2.24, 2.45) is 5.41 Å². The van der Waals surface area contributed by atoms with Gasteiger partial charge in [-0.2, -0.15) is 0 Å². The summed E-state index contributed by atoms with van der Waals surface area (Å²) in [5.41, 5.74) is 0.786. The van der Waals surface area contributed by atoms with E-state index in [4.69, 9.17) is 9.84 Å². The maximum absolute atomic E-state index is 10.6. The fraction of sp³-hybridized carbons (Fsp3) is 0.462. The summed E-state index contributed by atoms with van der Waals surface area (Å²) in [6.07, 6.45) is 0.127. The minimum absolute atomic E-state index is 0.127. The third-order valence-electron chi connectivity index (χ3n) is 2.23. The predicted octanol–water partition coefficient (Wildman–Crippen LogP) is 2.70. The number of rotatable bonds is 6. The molecule has 0 aliphatic carbocycles. The van der Waals surface area contributed by atoms with Crippen LogP contribution >= 0.6 is 0 Å². The molecule has 0 bridgehead atoms. The van der Waals surface area contributed by atoms with Gasteiger partial charge >= 0.3 is 5.97 Å². The summed E-state index contributed by atoms with van der Waals surface area (Å²) in [6, 6.07) is 9.86. The lowest BCUT2D eigenvalue weighted by Crippen LogP contribution is -2.23.